The Morgan fingerprint density at radius 3 is 2.72 bits per heavy atom. The molecule has 0 aliphatic heterocycles. The van der Waals surface area contributed by atoms with Crippen LogP contribution in [0.4, 0.5) is 0 Å². The number of aryl methyl sites for hydroxylation is 2. The molecule has 0 unspecified atom stereocenters. The van der Waals surface area contributed by atoms with Crippen molar-refractivity contribution >= 4 is 29.9 Å². The lowest BCUT2D eigenvalue weighted by Crippen LogP contribution is -2.38. The number of aromatic nitrogens is 3. The van der Waals surface area contributed by atoms with Gasteiger partial charge in [-0.2, -0.15) is 0 Å². The van der Waals surface area contributed by atoms with E-state index in [1.807, 2.05) is 0 Å². The molecule has 0 saturated carbocycles. The molecule has 1 N–H and O–H groups in total. The Morgan fingerprint density at radius 1 is 1.28 bits per heavy atom. The van der Waals surface area contributed by atoms with Crippen molar-refractivity contribution in [3.8, 4) is 0 Å². The maximum absolute atomic E-state index is 4.74. The van der Waals surface area contributed by atoms with Gasteiger partial charge in [0, 0.05) is 33.1 Å². The molecule has 1 aromatic heterocycles. The molecule has 2 aromatic rings. The summed E-state index contributed by atoms with van der Waals surface area (Å²) in [4.78, 5) is 6.91. The summed E-state index contributed by atoms with van der Waals surface area (Å²) in [6, 6.07) is 8.47. The highest BCUT2D eigenvalue weighted by Gasteiger charge is 2.08. The molecule has 2 rings (SSSR count). The predicted octanol–water partition coefficient (Wildman–Crippen LogP) is 2.86. The van der Waals surface area contributed by atoms with Crippen LogP contribution in [0.1, 0.15) is 30.8 Å². The van der Waals surface area contributed by atoms with E-state index in [1.165, 1.54) is 11.1 Å². The van der Waals surface area contributed by atoms with Crippen molar-refractivity contribution in [2.45, 2.75) is 40.3 Å². The number of halogens is 1. The molecule has 6 nitrogen and oxygen atoms in total. The maximum Gasteiger partial charge on any atom is 0.194 e. The van der Waals surface area contributed by atoms with Crippen molar-refractivity contribution < 1.29 is 0 Å². The van der Waals surface area contributed by atoms with Crippen LogP contribution in [0.25, 0.3) is 0 Å². The number of guanidine groups is 1. The van der Waals surface area contributed by atoms with Crippen LogP contribution >= 0.6 is 24.0 Å². The molecular weight excluding hydrogens is 427 g/mol. The molecular formula is C18H29IN6. The topological polar surface area (TPSA) is 58.3 Å². The van der Waals surface area contributed by atoms with Crippen molar-refractivity contribution in [2.24, 2.45) is 4.99 Å². The minimum atomic E-state index is 0. The Morgan fingerprint density at radius 2 is 2.04 bits per heavy atom. The van der Waals surface area contributed by atoms with E-state index in [2.05, 4.69) is 77.1 Å². The molecule has 0 atom stereocenters. The number of aliphatic imine (C=N–C) groups is 1. The lowest BCUT2D eigenvalue weighted by molar-refractivity contribution is 0.474. The fourth-order valence-corrected chi connectivity index (χ4v) is 2.59. The average molecular weight is 456 g/mol. The molecule has 1 heterocycles. The van der Waals surface area contributed by atoms with Gasteiger partial charge in [0.15, 0.2) is 5.96 Å². The normalized spacial score (nSPS) is 11.1. The second-order valence-corrected chi connectivity index (χ2v) is 5.81. The predicted molar refractivity (Wildman–Crippen MR) is 113 cm³/mol. The zero-order valence-corrected chi connectivity index (χ0v) is 17.9. The van der Waals surface area contributed by atoms with Crippen LogP contribution in [0.5, 0.6) is 0 Å². The first-order chi connectivity index (χ1) is 11.7. The first-order valence-electron chi connectivity index (χ1n) is 8.56. The second-order valence-electron chi connectivity index (χ2n) is 5.81. The lowest BCUT2D eigenvalue weighted by atomic mass is 10.1. The average Bonchev–Trinajstić information content (AvgIpc) is 3.03. The Hall–Kier alpha value is -1.64. The van der Waals surface area contributed by atoms with Crippen LogP contribution < -0.4 is 5.32 Å². The van der Waals surface area contributed by atoms with E-state index in [1.54, 1.807) is 6.33 Å². The highest BCUT2D eigenvalue weighted by atomic mass is 127. The summed E-state index contributed by atoms with van der Waals surface area (Å²) in [7, 11) is 2.07. The van der Waals surface area contributed by atoms with Crippen LogP contribution in [0.2, 0.25) is 0 Å². The molecule has 0 radical (unpaired) electrons. The van der Waals surface area contributed by atoms with Crippen molar-refractivity contribution in [3.63, 3.8) is 0 Å². The van der Waals surface area contributed by atoms with Gasteiger partial charge in [-0.05, 0) is 25.0 Å². The van der Waals surface area contributed by atoms with Crippen LogP contribution in [0.15, 0.2) is 35.6 Å². The third-order valence-corrected chi connectivity index (χ3v) is 3.98. The molecule has 138 valence electrons. The SMILES string of the molecule is CCNC(=NCCn1cnnc1CC)N(C)Cc1ccccc1C.I. The third kappa shape index (κ3) is 6.30. The van der Waals surface area contributed by atoms with E-state index >= 15 is 0 Å². The standard InChI is InChI=1S/C18H28N6.HI/c1-5-17-22-21-14-24(17)12-11-20-18(19-6-2)23(4)13-16-10-8-7-9-15(16)3;/h7-10,14H,5-6,11-13H2,1-4H3,(H,19,20);1H. The smallest absolute Gasteiger partial charge is 0.194 e. The van der Waals surface area contributed by atoms with E-state index in [0.29, 0.717) is 6.54 Å². The van der Waals surface area contributed by atoms with Crippen molar-refractivity contribution in [1.82, 2.24) is 25.0 Å². The monoisotopic (exact) mass is 456 g/mol. The quantitative estimate of drug-likeness (QED) is 0.396. The first-order valence-corrected chi connectivity index (χ1v) is 8.56. The molecule has 0 bridgehead atoms. The van der Waals surface area contributed by atoms with Gasteiger partial charge in [0.1, 0.15) is 12.2 Å². The summed E-state index contributed by atoms with van der Waals surface area (Å²) >= 11 is 0. The largest absolute Gasteiger partial charge is 0.357 e. The molecule has 0 aliphatic rings. The zero-order valence-electron chi connectivity index (χ0n) is 15.6. The summed E-state index contributed by atoms with van der Waals surface area (Å²) in [6.45, 7) is 9.51. The van der Waals surface area contributed by atoms with E-state index in [4.69, 9.17) is 4.99 Å². The molecule has 0 saturated heterocycles. The lowest BCUT2D eigenvalue weighted by Gasteiger charge is -2.23. The minimum Gasteiger partial charge on any atom is -0.357 e. The van der Waals surface area contributed by atoms with Crippen LogP contribution in [-0.4, -0.2) is 45.8 Å². The summed E-state index contributed by atoms with van der Waals surface area (Å²) < 4.78 is 2.06. The van der Waals surface area contributed by atoms with Crippen LogP contribution in [0.3, 0.4) is 0 Å². The van der Waals surface area contributed by atoms with Crippen molar-refractivity contribution in [2.75, 3.05) is 20.1 Å². The Kier molecular flexibility index (Phi) is 9.48. The van der Waals surface area contributed by atoms with Crippen molar-refractivity contribution in [3.05, 3.63) is 47.5 Å². The van der Waals surface area contributed by atoms with E-state index < -0.39 is 0 Å². The number of nitrogens with zero attached hydrogens (tertiary/aromatic N) is 5. The fourth-order valence-electron chi connectivity index (χ4n) is 2.59. The molecule has 0 spiro atoms. The minimum absolute atomic E-state index is 0. The van der Waals surface area contributed by atoms with Gasteiger partial charge in [-0.15, -0.1) is 34.2 Å². The van der Waals surface area contributed by atoms with E-state index in [0.717, 1.165) is 37.8 Å². The van der Waals surface area contributed by atoms with Gasteiger partial charge in [-0.3, -0.25) is 4.99 Å². The third-order valence-electron chi connectivity index (χ3n) is 3.98. The van der Waals surface area contributed by atoms with E-state index in [9.17, 15) is 0 Å². The Bertz CT molecular complexity index is 667. The zero-order chi connectivity index (χ0) is 17.4. The number of hydrogen-bond donors (Lipinski definition) is 1. The van der Waals surface area contributed by atoms with Gasteiger partial charge >= 0.3 is 0 Å². The fraction of sp³-hybridized carbons (Fsp3) is 0.500. The molecule has 0 amide bonds. The number of rotatable bonds is 7. The van der Waals surface area contributed by atoms with Crippen molar-refractivity contribution in [1.29, 1.82) is 0 Å². The van der Waals surface area contributed by atoms with Gasteiger partial charge in [-0.1, -0.05) is 31.2 Å². The molecule has 1 aromatic carbocycles. The summed E-state index contributed by atoms with van der Waals surface area (Å²) in [5.41, 5.74) is 2.62. The van der Waals surface area contributed by atoms with Gasteiger partial charge in [0.05, 0.1) is 6.54 Å². The summed E-state index contributed by atoms with van der Waals surface area (Å²) in [6.07, 6.45) is 2.66. The summed E-state index contributed by atoms with van der Waals surface area (Å²) in [5, 5.41) is 11.4. The van der Waals surface area contributed by atoms with Gasteiger partial charge in [-0.25, -0.2) is 0 Å². The van der Waals surface area contributed by atoms with Gasteiger partial charge in [0.2, 0.25) is 0 Å². The Labute approximate surface area is 167 Å². The van der Waals surface area contributed by atoms with E-state index in [-0.39, 0.29) is 24.0 Å². The van der Waals surface area contributed by atoms with Gasteiger partial charge in [0.25, 0.3) is 0 Å². The first kappa shape index (κ1) is 21.4. The molecule has 7 heteroatoms. The molecule has 0 fully saturated rings. The van der Waals surface area contributed by atoms with Crippen LogP contribution in [0, 0.1) is 6.92 Å². The molecule has 0 aliphatic carbocycles. The number of hydrogen-bond acceptors (Lipinski definition) is 3. The highest BCUT2D eigenvalue weighted by molar-refractivity contribution is 14.0. The number of benzene rings is 1. The van der Waals surface area contributed by atoms with Crippen LogP contribution in [-0.2, 0) is 19.5 Å². The molecule has 25 heavy (non-hydrogen) atoms. The maximum atomic E-state index is 4.74. The van der Waals surface area contributed by atoms with Gasteiger partial charge < -0.3 is 14.8 Å². The second kappa shape index (κ2) is 11.1. The Balaban J connectivity index is 0.00000312. The highest BCUT2D eigenvalue weighted by Crippen LogP contribution is 2.09. The summed E-state index contributed by atoms with van der Waals surface area (Å²) in [5.74, 6) is 1.93. The number of nitrogens with one attached hydrogen (secondary N) is 1.